The first-order valence-electron chi connectivity index (χ1n) is 4.36. The van der Waals surface area contributed by atoms with Crippen molar-refractivity contribution in [2.24, 2.45) is 0 Å². The molecule has 0 heterocycles. The summed E-state index contributed by atoms with van der Waals surface area (Å²) in [6, 6.07) is 0. The molecule has 4 heteroatoms. The summed E-state index contributed by atoms with van der Waals surface area (Å²) in [6.07, 6.45) is 5.97. The molecule has 0 aromatic rings. The molecular weight excluding hydrogens is 204 g/mol. The summed E-state index contributed by atoms with van der Waals surface area (Å²) in [5.41, 5.74) is 0. The maximum atomic E-state index is 10.5. The summed E-state index contributed by atoms with van der Waals surface area (Å²) < 4.78 is 5.21. The van der Waals surface area contributed by atoms with Crippen molar-refractivity contribution < 1.29 is 14.6 Å². The second-order valence-electron chi connectivity index (χ2n) is 3.45. The normalized spacial score (nSPS) is 32.9. The molecule has 0 saturated heterocycles. The van der Waals surface area contributed by atoms with Crippen LogP contribution in [0.15, 0.2) is 24.3 Å². The molecule has 1 aliphatic carbocycles. The zero-order chi connectivity index (χ0) is 10.8. The van der Waals surface area contributed by atoms with E-state index in [4.69, 9.17) is 21.4 Å². The Hall–Kier alpha value is -0.800. The molecule has 0 saturated carbocycles. The fourth-order valence-corrected chi connectivity index (χ4v) is 1.22. The zero-order valence-electron chi connectivity index (χ0n) is 8.11. The Bertz CT molecular complexity index is 265. The van der Waals surface area contributed by atoms with E-state index in [9.17, 15) is 4.79 Å². The van der Waals surface area contributed by atoms with E-state index in [0.717, 1.165) is 0 Å². The van der Waals surface area contributed by atoms with Crippen LogP contribution in [0.1, 0.15) is 13.8 Å². The van der Waals surface area contributed by atoms with Gasteiger partial charge in [-0.25, -0.2) is 4.79 Å². The van der Waals surface area contributed by atoms with E-state index >= 15 is 0 Å². The second-order valence-corrected chi connectivity index (χ2v) is 4.27. The Morgan fingerprint density at radius 1 is 1.57 bits per heavy atom. The summed E-state index contributed by atoms with van der Waals surface area (Å²) in [5, 5.41) is 8.62. The first kappa shape index (κ1) is 11.3. The summed E-state index contributed by atoms with van der Waals surface area (Å²) in [6.45, 7) is 3.34. The van der Waals surface area contributed by atoms with Gasteiger partial charge in [0.05, 0.1) is 11.0 Å². The van der Waals surface area contributed by atoms with Crippen LogP contribution in [0.4, 0.5) is 0 Å². The van der Waals surface area contributed by atoms with Gasteiger partial charge in [0.1, 0.15) is 0 Å². The van der Waals surface area contributed by atoms with E-state index in [-0.39, 0.29) is 6.10 Å². The Labute approximate surface area is 88.0 Å². The molecule has 0 aliphatic heterocycles. The van der Waals surface area contributed by atoms with E-state index in [0.29, 0.717) is 0 Å². The monoisotopic (exact) mass is 216 g/mol. The quantitative estimate of drug-likeness (QED) is 0.580. The first-order chi connectivity index (χ1) is 6.41. The molecule has 78 valence electrons. The topological polar surface area (TPSA) is 46.5 Å². The number of aliphatic carboxylic acids is 1. The van der Waals surface area contributed by atoms with Crippen LogP contribution in [-0.2, 0) is 9.53 Å². The van der Waals surface area contributed by atoms with Crippen LogP contribution < -0.4 is 0 Å². The largest absolute Gasteiger partial charge is 0.479 e. The molecule has 0 spiro atoms. The molecule has 1 atom stereocenters. The number of carboxylic acids is 1. The molecule has 3 nitrogen and oxygen atoms in total. The van der Waals surface area contributed by atoms with Gasteiger partial charge >= 0.3 is 5.97 Å². The fourth-order valence-electron chi connectivity index (χ4n) is 1.07. The van der Waals surface area contributed by atoms with Gasteiger partial charge in [-0.1, -0.05) is 24.3 Å². The van der Waals surface area contributed by atoms with Gasteiger partial charge in [-0.15, -0.1) is 11.6 Å². The predicted octanol–water partition coefficient (Wildman–Crippen LogP) is 1.97. The minimum atomic E-state index is -0.967. The second kappa shape index (κ2) is 4.15. The van der Waals surface area contributed by atoms with Crippen LogP contribution in [0.25, 0.3) is 0 Å². The number of carboxylic acid groups (broad SMARTS) is 1. The summed E-state index contributed by atoms with van der Waals surface area (Å²) in [4.78, 5) is 10.0. The smallest absolute Gasteiger partial charge is 0.332 e. The molecule has 14 heavy (non-hydrogen) atoms. The zero-order valence-corrected chi connectivity index (χ0v) is 8.86. The predicted molar refractivity (Wildman–Crippen MR) is 54.5 cm³/mol. The third-order valence-corrected chi connectivity index (χ3v) is 2.18. The van der Waals surface area contributed by atoms with E-state index in [1.54, 1.807) is 24.3 Å². The van der Waals surface area contributed by atoms with Crippen molar-refractivity contribution >= 4 is 17.6 Å². The van der Waals surface area contributed by atoms with Gasteiger partial charge in [-0.05, 0) is 13.8 Å². The van der Waals surface area contributed by atoms with Crippen molar-refractivity contribution in [3.05, 3.63) is 24.3 Å². The highest BCUT2D eigenvalue weighted by Crippen LogP contribution is 2.23. The average Bonchev–Trinajstić information content (AvgIpc) is 2.08. The van der Waals surface area contributed by atoms with Gasteiger partial charge in [0, 0.05) is 0 Å². The van der Waals surface area contributed by atoms with Crippen molar-refractivity contribution in [2.75, 3.05) is 0 Å². The van der Waals surface area contributed by atoms with Crippen molar-refractivity contribution in [3.8, 4) is 0 Å². The average molecular weight is 217 g/mol. The lowest BCUT2D eigenvalue weighted by atomic mass is 10.0. The molecule has 1 unspecified atom stereocenters. The molecule has 0 aromatic heterocycles. The van der Waals surface area contributed by atoms with Gasteiger partial charge in [-0.3, -0.25) is 0 Å². The van der Waals surface area contributed by atoms with E-state index in [1.165, 1.54) is 6.92 Å². The van der Waals surface area contributed by atoms with Crippen LogP contribution in [0.3, 0.4) is 0 Å². The highest BCUT2D eigenvalue weighted by molar-refractivity contribution is 6.26. The third-order valence-electron chi connectivity index (χ3n) is 1.93. The molecule has 0 amide bonds. The minimum Gasteiger partial charge on any atom is -0.479 e. The summed E-state index contributed by atoms with van der Waals surface area (Å²) >= 11 is 5.99. The number of hydrogen-bond acceptors (Lipinski definition) is 2. The third kappa shape index (κ3) is 3.16. The number of ether oxygens (including phenoxy) is 1. The Kier molecular flexibility index (Phi) is 3.34. The lowest BCUT2D eigenvalue weighted by molar-refractivity contribution is -0.150. The molecule has 1 rings (SSSR count). The van der Waals surface area contributed by atoms with Crippen molar-refractivity contribution in [1.82, 2.24) is 0 Å². The summed E-state index contributed by atoms with van der Waals surface area (Å²) in [5.74, 6) is -0.967. The standard InChI is InChI=1S/C10H13ClO3/c1-7(9(12)13)14-8-3-5-10(2,11)6-4-8/h3-8H,1-2H3,(H,12,13). The lowest BCUT2D eigenvalue weighted by Gasteiger charge is -2.21. The molecule has 1 N–H and O–H groups in total. The van der Waals surface area contributed by atoms with Crippen molar-refractivity contribution in [1.29, 1.82) is 0 Å². The van der Waals surface area contributed by atoms with Crippen LogP contribution in [-0.4, -0.2) is 28.2 Å². The van der Waals surface area contributed by atoms with Crippen molar-refractivity contribution in [2.45, 2.75) is 30.9 Å². The number of allylic oxidation sites excluding steroid dienone is 2. The van der Waals surface area contributed by atoms with Crippen LogP contribution in [0.5, 0.6) is 0 Å². The minimum absolute atomic E-state index is 0.298. The fraction of sp³-hybridized carbons (Fsp3) is 0.500. The van der Waals surface area contributed by atoms with E-state index < -0.39 is 16.9 Å². The van der Waals surface area contributed by atoms with E-state index in [1.807, 2.05) is 6.92 Å². The summed E-state index contributed by atoms with van der Waals surface area (Å²) in [7, 11) is 0. The Balaban J connectivity index is 2.51. The number of halogens is 1. The highest BCUT2D eigenvalue weighted by atomic mass is 35.5. The maximum Gasteiger partial charge on any atom is 0.332 e. The van der Waals surface area contributed by atoms with Gasteiger partial charge in [0.2, 0.25) is 0 Å². The molecular formula is C10H13ClO3. The molecule has 0 bridgehead atoms. The van der Waals surface area contributed by atoms with Crippen molar-refractivity contribution in [3.63, 3.8) is 0 Å². The molecule has 1 aliphatic rings. The molecule has 0 fully saturated rings. The van der Waals surface area contributed by atoms with Gasteiger partial charge in [-0.2, -0.15) is 0 Å². The number of carbonyl (C=O) groups is 1. The van der Waals surface area contributed by atoms with Crippen LogP contribution >= 0.6 is 11.6 Å². The lowest BCUT2D eigenvalue weighted by Crippen LogP contribution is -2.27. The maximum absolute atomic E-state index is 10.5. The Morgan fingerprint density at radius 2 is 2.07 bits per heavy atom. The van der Waals surface area contributed by atoms with Crippen LogP contribution in [0.2, 0.25) is 0 Å². The number of hydrogen-bond donors (Lipinski definition) is 1. The first-order valence-corrected chi connectivity index (χ1v) is 4.74. The van der Waals surface area contributed by atoms with Gasteiger partial charge < -0.3 is 9.84 Å². The van der Waals surface area contributed by atoms with Gasteiger partial charge in [0.15, 0.2) is 6.10 Å². The van der Waals surface area contributed by atoms with Gasteiger partial charge in [0.25, 0.3) is 0 Å². The van der Waals surface area contributed by atoms with E-state index in [2.05, 4.69) is 0 Å². The molecule has 0 radical (unpaired) electrons. The Morgan fingerprint density at radius 3 is 2.50 bits per heavy atom. The molecule has 0 aromatic carbocycles. The SMILES string of the molecule is CC(OC1C=CC(C)(Cl)C=C1)C(=O)O. The number of alkyl halides is 1. The van der Waals surface area contributed by atoms with Crippen LogP contribution in [0, 0.1) is 0 Å². The number of rotatable bonds is 3. The highest BCUT2D eigenvalue weighted by Gasteiger charge is 2.21.